The van der Waals surface area contributed by atoms with Crippen molar-refractivity contribution in [2.45, 2.75) is 25.7 Å². The summed E-state index contributed by atoms with van der Waals surface area (Å²) in [6.07, 6.45) is -0.573. The van der Waals surface area contributed by atoms with Crippen molar-refractivity contribution in [3.63, 3.8) is 0 Å². The number of Topliss-reactive ketones (excluding diaryl/α,β-unsaturated/α-hetero) is 1. The Kier molecular flexibility index (Phi) is 6.59. The third-order valence-electron chi connectivity index (χ3n) is 5.05. The predicted octanol–water partition coefficient (Wildman–Crippen LogP) is 4.69. The molecule has 1 aromatic carbocycles. The van der Waals surface area contributed by atoms with Crippen molar-refractivity contribution in [1.29, 1.82) is 0 Å². The van der Waals surface area contributed by atoms with Gasteiger partial charge in [0.1, 0.15) is 11.6 Å². The number of urea groups is 1. The Morgan fingerprint density at radius 2 is 1.94 bits per heavy atom. The van der Waals surface area contributed by atoms with Crippen LogP contribution < -0.4 is 9.64 Å². The first kappa shape index (κ1) is 22.7. The zero-order valence-corrected chi connectivity index (χ0v) is 18.1. The number of benzene rings is 1. The number of aromatic nitrogens is 2. The molecular formula is C22H19F3N4O3S. The summed E-state index contributed by atoms with van der Waals surface area (Å²) in [4.78, 5) is 37.8. The number of carbonyl (C=O) groups excluding carboxylic acids is 2. The lowest BCUT2D eigenvalue weighted by Crippen LogP contribution is -2.32. The van der Waals surface area contributed by atoms with E-state index in [1.807, 2.05) is 0 Å². The van der Waals surface area contributed by atoms with Crippen LogP contribution in [0.15, 0.2) is 54.3 Å². The molecule has 0 radical (unpaired) electrons. The van der Waals surface area contributed by atoms with Crippen LogP contribution in [0.3, 0.4) is 0 Å². The fourth-order valence-corrected chi connectivity index (χ4v) is 4.04. The molecule has 3 heterocycles. The molecule has 7 nitrogen and oxygen atoms in total. The van der Waals surface area contributed by atoms with Gasteiger partial charge in [-0.05, 0) is 36.2 Å². The lowest BCUT2D eigenvalue weighted by atomic mass is 10.1. The number of ether oxygens (including phenoxy) is 1. The van der Waals surface area contributed by atoms with Gasteiger partial charge in [0, 0.05) is 48.9 Å². The smallest absolute Gasteiger partial charge is 0.406 e. The highest BCUT2D eigenvalue weighted by Crippen LogP contribution is 2.25. The molecule has 0 aliphatic carbocycles. The second-order valence-corrected chi connectivity index (χ2v) is 8.31. The van der Waals surface area contributed by atoms with E-state index in [1.54, 1.807) is 28.7 Å². The summed E-state index contributed by atoms with van der Waals surface area (Å²) in [5.74, 6) is 0.0263. The number of anilines is 1. The molecule has 0 atom stereocenters. The largest absolute Gasteiger partial charge is 0.573 e. The monoisotopic (exact) mass is 476 g/mol. The fourth-order valence-electron chi connectivity index (χ4n) is 3.44. The molecule has 2 aromatic heterocycles. The van der Waals surface area contributed by atoms with Gasteiger partial charge in [0.15, 0.2) is 5.78 Å². The van der Waals surface area contributed by atoms with Gasteiger partial charge in [-0.15, -0.1) is 24.5 Å². The van der Waals surface area contributed by atoms with Gasteiger partial charge in [-0.25, -0.2) is 9.78 Å². The van der Waals surface area contributed by atoms with E-state index in [0.717, 1.165) is 4.88 Å². The normalized spacial score (nSPS) is 14.1. The lowest BCUT2D eigenvalue weighted by Gasteiger charge is -2.18. The van der Waals surface area contributed by atoms with Crippen molar-refractivity contribution in [3.05, 3.63) is 70.3 Å². The summed E-state index contributed by atoms with van der Waals surface area (Å²) in [6.45, 7) is 1.04. The lowest BCUT2D eigenvalue weighted by molar-refractivity contribution is -0.274. The number of nitrogens with zero attached hydrogens (tertiary/aromatic N) is 4. The van der Waals surface area contributed by atoms with E-state index in [2.05, 4.69) is 14.7 Å². The van der Waals surface area contributed by atoms with Crippen molar-refractivity contribution < 1.29 is 27.5 Å². The van der Waals surface area contributed by atoms with Crippen molar-refractivity contribution in [1.82, 2.24) is 14.9 Å². The molecule has 0 spiro atoms. The summed E-state index contributed by atoms with van der Waals surface area (Å²) < 4.78 is 40.8. The quantitative estimate of drug-likeness (QED) is 0.441. The minimum absolute atomic E-state index is 0.0447. The van der Waals surface area contributed by atoms with Gasteiger partial charge in [0.05, 0.1) is 5.51 Å². The molecule has 0 N–H and O–H groups in total. The number of halogens is 3. The van der Waals surface area contributed by atoms with Gasteiger partial charge in [-0.1, -0.05) is 12.1 Å². The highest BCUT2D eigenvalue weighted by atomic mass is 32.1. The van der Waals surface area contributed by atoms with Crippen LogP contribution in [0.2, 0.25) is 0 Å². The van der Waals surface area contributed by atoms with Crippen molar-refractivity contribution >= 4 is 29.0 Å². The van der Waals surface area contributed by atoms with Crippen LogP contribution in [0, 0.1) is 0 Å². The predicted molar refractivity (Wildman–Crippen MR) is 115 cm³/mol. The number of hydrogen-bond acceptors (Lipinski definition) is 6. The van der Waals surface area contributed by atoms with Gasteiger partial charge in [0.25, 0.3) is 0 Å². The van der Waals surface area contributed by atoms with Gasteiger partial charge in [0.2, 0.25) is 0 Å². The van der Waals surface area contributed by atoms with Crippen LogP contribution in [-0.4, -0.2) is 46.1 Å². The number of carbonyl (C=O) groups is 2. The van der Waals surface area contributed by atoms with Crippen molar-refractivity contribution in [3.8, 4) is 5.75 Å². The van der Waals surface area contributed by atoms with Gasteiger partial charge in [-0.3, -0.25) is 14.7 Å². The Hall–Kier alpha value is -3.47. The number of ketones is 1. The topological polar surface area (TPSA) is 75.6 Å². The van der Waals surface area contributed by atoms with E-state index < -0.39 is 6.36 Å². The van der Waals surface area contributed by atoms with Crippen LogP contribution >= 0.6 is 11.3 Å². The molecule has 172 valence electrons. The number of hydrogen-bond donors (Lipinski definition) is 0. The van der Waals surface area contributed by atoms with Gasteiger partial charge in [-0.2, -0.15) is 0 Å². The maximum atomic E-state index is 12.9. The summed E-state index contributed by atoms with van der Waals surface area (Å²) in [7, 11) is 0. The Labute approximate surface area is 191 Å². The number of amides is 2. The van der Waals surface area contributed by atoms with Gasteiger partial charge >= 0.3 is 12.4 Å². The molecule has 2 amide bonds. The van der Waals surface area contributed by atoms with Crippen molar-refractivity contribution in [2.24, 2.45) is 0 Å². The van der Waals surface area contributed by atoms with Crippen LogP contribution in [0.1, 0.15) is 27.2 Å². The number of aryl methyl sites for hydroxylation is 1. The van der Waals surface area contributed by atoms with Crippen LogP contribution in [0.4, 0.5) is 23.8 Å². The molecule has 0 saturated carbocycles. The second kappa shape index (κ2) is 9.57. The van der Waals surface area contributed by atoms with E-state index in [1.165, 1.54) is 46.7 Å². The first-order valence-corrected chi connectivity index (χ1v) is 10.9. The average molecular weight is 476 g/mol. The SMILES string of the molecule is O=C(CCc1cncs1)c1ccnc(N2CCN(Cc3ccc(OC(F)(F)F)cc3)C2=O)c1. The standard InChI is InChI=1S/C22H19F3N4O3S/c23-22(24,25)32-17-3-1-15(2-4-17)13-28-9-10-29(21(28)31)20-11-16(7-8-27-20)19(30)6-5-18-12-26-14-33-18/h1-4,7-8,11-12,14H,5-6,9-10,13H2. The summed E-state index contributed by atoms with van der Waals surface area (Å²) >= 11 is 1.50. The zero-order chi connectivity index (χ0) is 23.4. The van der Waals surface area contributed by atoms with E-state index in [4.69, 9.17) is 0 Å². The van der Waals surface area contributed by atoms with E-state index in [-0.39, 0.29) is 24.1 Å². The number of alkyl halides is 3. The molecule has 0 bridgehead atoms. The van der Waals surface area contributed by atoms with E-state index >= 15 is 0 Å². The Balaban J connectivity index is 1.37. The Bertz CT molecular complexity index is 1120. The second-order valence-electron chi connectivity index (χ2n) is 7.34. The van der Waals surface area contributed by atoms with Crippen LogP contribution in [-0.2, 0) is 13.0 Å². The first-order valence-electron chi connectivity index (χ1n) is 10.1. The molecular weight excluding hydrogens is 457 g/mol. The van der Waals surface area contributed by atoms with E-state index in [9.17, 15) is 22.8 Å². The molecule has 1 fully saturated rings. The molecule has 33 heavy (non-hydrogen) atoms. The number of pyridine rings is 1. The number of thiazole rings is 1. The molecule has 4 rings (SSSR count). The minimum Gasteiger partial charge on any atom is -0.406 e. The zero-order valence-electron chi connectivity index (χ0n) is 17.3. The number of rotatable bonds is 8. The van der Waals surface area contributed by atoms with E-state index in [0.29, 0.717) is 42.9 Å². The summed E-state index contributed by atoms with van der Waals surface area (Å²) in [6, 6.07) is 8.34. The highest BCUT2D eigenvalue weighted by Gasteiger charge is 2.32. The summed E-state index contributed by atoms with van der Waals surface area (Å²) in [5.41, 5.74) is 2.87. The molecule has 3 aromatic rings. The molecule has 1 aliphatic heterocycles. The molecule has 1 saturated heterocycles. The average Bonchev–Trinajstić information content (AvgIpc) is 3.43. The molecule has 11 heteroatoms. The van der Waals surface area contributed by atoms with Crippen molar-refractivity contribution in [2.75, 3.05) is 18.0 Å². The minimum atomic E-state index is -4.75. The van der Waals surface area contributed by atoms with Crippen LogP contribution in [0.25, 0.3) is 0 Å². The molecule has 1 aliphatic rings. The fraction of sp³-hybridized carbons (Fsp3) is 0.273. The maximum absolute atomic E-state index is 12.9. The first-order chi connectivity index (χ1) is 15.8. The third-order valence-corrected chi connectivity index (χ3v) is 5.89. The maximum Gasteiger partial charge on any atom is 0.573 e. The molecule has 0 unspecified atom stereocenters. The van der Waals surface area contributed by atoms with Crippen LogP contribution in [0.5, 0.6) is 5.75 Å². The summed E-state index contributed by atoms with van der Waals surface area (Å²) in [5, 5.41) is 0. The highest BCUT2D eigenvalue weighted by molar-refractivity contribution is 7.09. The third kappa shape index (κ3) is 5.86. The Morgan fingerprint density at radius 1 is 1.15 bits per heavy atom. The Morgan fingerprint density at radius 3 is 2.64 bits per heavy atom. The van der Waals surface area contributed by atoms with Gasteiger partial charge < -0.3 is 9.64 Å².